The van der Waals surface area contributed by atoms with Crippen LogP contribution in [0, 0.1) is 0 Å². The number of fused-ring (bicyclic) bond motifs is 1. The van der Waals surface area contributed by atoms with Gasteiger partial charge in [0.05, 0.1) is 6.04 Å². The summed E-state index contributed by atoms with van der Waals surface area (Å²) in [5.41, 5.74) is 7.82. The van der Waals surface area contributed by atoms with Crippen LogP contribution in [0.1, 0.15) is 44.7 Å². The van der Waals surface area contributed by atoms with E-state index < -0.39 is 0 Å². The number of hydrogen-bond acceptors (Lipinski definition) is 4. The largest absolute Gasteiger partial charge is 0.326 e. The molecule has 2 aliphatic rings. The van der Waals surface area contributed by atoms with E-state index in [-0.39, 0.29) is 6.04 Å². The number of nitrogens with two attached hydrogens (primary N) is 1. The van der Waals surface area contributed by atoms with Crippen molar-refractivity contribution in [3.63, 3.8) is 0 Å². The van der Waals surface area contributed by atoms with Gasteiger partial charge in [0.1, 0.15) is 0 Å². The van der Waals surface area contributed by atoms with Gasteiger partial charge in [0.2, 0.25) is 0 Å². The maximum Gasteiger partial charge on any atom is 0.0504 e. The summed E-state index contributed by atoms with van der Waals surface area (Å²) in [6.07, 6.45) is 7.48. The third-order valence-electron chi connectivity index (χ3n) is 5.27. The van der Waals surface area contributed by atoms with Gasteiger partial charge in [0.25, 0.3) is 0 Å². The Morgan fingerprint density at radius 3 is 2.81 bits per heavy atom. The summed E-state index contributed by atoms with van der Waals surface area (Å²) in [6, 6.07) is 6.06. The molecule has 3 rings (SSSR count). The van der Waals surface area contributed by atoms with Gasteiger partial charge in [-0.3, -0.25) is 14.8 Å². The van der Waals surface area contributed by atoms with Crippen molar-refractivity contribution in [2.24, 2.45) is 5.73 Å². The molecule has 2 fully saturated rings. The van der Waals surface area contributed by atoms with Crippen molar-refractivity contribution in [3.8, 4) is 0 Å². The average Bonchev–Trinajstić information content (AvgIpc) is 2.95. The minimum atomic E-state index is 0.183. The molecular formula is C17H28N4. The van der Waals surface area contributed by atoms with Crippen molar-refractivity contribution in [3.05, 3.63) is 30.1 Å². The van der Waals surface area contributed by atoms with Crippen LogP contribution in [0.25, 0.3) is 0 Å². The van der Waals surface area contributed by atoms with Gasteiger partial charge >= 0.3 is 0 Å². The molecular weight excluding hydrogens is 260 g/mol. The molecule has 2 aliphatic heterocycles. The molecule has 0 amide bonds. The summed E-state index contributed by atoms with van der Waals surface area (Å²) in [5, 5.41) is 0. The lowest BCUT2D eigenvalue weighted by atomic mass is 9.93. The zero-order chi connectivity index (χ0) is 14.8. The SMILES string of the molecule is CCC(N)C(c1ccncc1)N1CC2CCCN2CC1C. The number of rotatable bonds is 4. The minimum Gasteiger partial charge on any atom is -0.326 e. The Morgan fingerprint density at radius 1 is 1.33 bits per heavy atom. The number of piperazine rings is 1. The molecule has 1 aromatic heterocycles. The van der Waals surface area contributed by atoms with Crippen molar-refractivity contribution in [1.82, 2.24) is 14.8 Å². The van der Waals surface area contributed by atoms with Crippen LogP contribution in [0.4, 0.5) is 0 Å². The van der Waals surface area contributed by atoms with E-state index in [2.05, 4.69) is 40.8 Å². The van der Waals surface area contributed by atoms with Crippen molar-refractivity contribution in [2.75, 3.05) is 19.6 Å². The summed E-state index contributed by atoms with van der Waals surface area (Å²) in [4.78, 5) is 9.48. The standard InChI is InChI=1S/C17H28N4/c1-3-16(18)17(14-6-8-19-9-7-14)21-12-15-5-4-10-20(15)11-13(21)2/h6-9,13,15-17H,3-5,10-12,18H2,1-2H3. The van der Waals surface area contributed by atoms with Crippen molar-refractivity contribution >= 4 is 0 Å². The van der Waals surface area contributed by atoms with E-state index in [4.69, 9.17) is 5.73 Å². The maximum atomic E-state index is 6.50. The van der Waals surface area contributed by atoms with Crippen molar-refractivity contribution in [2.45, 2.75) is 57.3 Å². The monoisotopic (exact) mass is 288 g/mol. The van der Waals surface area contributed by atoms with Gasteiger partial charge in [-0.05, 0) is 50.4 Å². The fourth-order valence-corrected chi connectivity index (χ4v) is 4.07. The molecule has 0 saturated carbocycles. The van der Waals surface area contributed by atoms with Crippen LogP contribution in [0.3, 0.4) is 0 Å². The molecule has 0 radical (unpaired) electrons. The second kappa shape index (κ2) is 6.42. The second-order valence-corrected chi connectivity index (χ2v) is 6.63. The normalized spacial score (nSPS) is 30.0. The van der Waals surface area contributed by atoms with E-state index in [0.29, 0.717) is 12.1 Å². The molecule has 0 spiro atoms. The minimum absolute atomic E-state index is 0.183. The molecule has 2 saturated heterocycles. The zero-order valence-electron chi connectivity index (χ0n) is 13.3. The molecule has 4 heteroatoms. The number of pyridine rings is 1. The summed E-state index contributed by atoms with van der Waals surface area (Å²) < 4.78 is 0. The quantitative estimate of drug-likeness (QED) is 0.921. The third-order valence-corrected chi connectivity index (χ3v) is 5.27. The Labute approximate surface area is 128 Å². The van der Waals surface area contributed by atoms with E-state index in [9.17, 15) is 0 Å². The van der Waals surface area contributed by atoms with Gasteiger partial charge in [0.15, 0.2) is 0 Å². The second-order valence-electron chi connectivity index (χ2n) is 6.63. The van der Waals surface area contributed by atoms with Crippen LogP contribution in [-0.2, 0) is 0 Å². The van der Waals surface area contributed by atoms with Crippen LogP contribution in [-0.4, -0.2) is 52.5 Å². The first-order chi connectivity index (χ1) is 10.2. The first kappa shape index (κ1) is 14.9. The Morgan fingerprint density at radius 2 is 2.10 bits per heavy atom. The molecule has 4 unspecified atom stereocenters. The van der Waals surface area contributed by atoms with Gasteiger partial charge in [-0.2, -0.15) is 0 Å². The zero-order valence-corrected chi connectivity index (χ0v) is 13.3. The Bertz CT molecular complexity index is 449. The number of hydrogen-bond donors (Lipinski definition) is 1. The van der Waals surface area contributed by atoms with E-state index >= 15 is 0 Å². The molecule has 2 N–H and O–H groups in total. The van der Waals surface area contributed by atoms with Crippen LogP contribution < -0.4 is 5.73 Å². The maximum absolute atomic E-state index is 6.50. The highest BCUT2D eigenvalue weighted by Crippen LogP contribution is 2.33. The summed E-state index contributed by atoms with van der Waals surface area (Å²) >= 11 is 0. The highest BCUT2D eigenvalue weighted by Gasteiger charge is 2.39. The molecule has 3 heterocycles. The first-order valence-electron chi connectivity index (χ1n) is 8.36. The Hall–Kier alpha value is -0.970. The van der Waals surface area contributed by atoms with Gasteiger partial charge in [-0.1, -0.05) is 6.92 Å². The van der Waals surface area contributed by atoms with Crippen LogP contribution in [0.2, 0.25) is 0 Å². The van der Waals surface area contributed by atoms with Gasteiger partial charge in [-0.25, -0.2) is 0 Å². The molecule has 0 aromatic carbocycles. The first-order valence-corrected chi connectivity index (χ1v) is 8.36. The number of nitrogens with zero attached hydrogens (tertiary/aromatic N) is 3. The smallest absolute Gasteiger partial charge is 0.0504 e. The van der Waals surface area contributed by atoms with E-state index in [1.165, 1.54) is 31.5 Å². The van der Waals surface area contributed by atoms with Crippen LogP contribution in [0.5, 0.6) is 0 Å². The molecule has 4 nitrogen and oxygen atoms in total. The predicted octanol–water partition coefficient (Wildman–Crippen LogP) is 2.03. The van der Waals surface area contributed by atoms with Crippen molar-refractivity contribution < 1.29 is 0 Å². The highest BCUT2D eigenvalue weighted by molar-refractivity contribution is 5.18. The topological polar surface area (TPSA) is 45.4 Å². The van der Waals surface area contributed by atoms with Gasteiger partial charge < -0.3 is 5.73 Å². The molecule has 1 aromatic rings. The number of aromatic nitrogens is 1. The summed E-state index contributed by atoms with van der Waals surface area (Å²) in [6.45, 7) is 8.16. The lowest BCUT2D eigenvalue weighted by Crippen LogP contribution is -2.58. The lowest BCUT2D eigenvalue weighted by Gasteiger charge is -2.47. The van der Waals surface area contributed by atoms with Gasteiger partial charge in [0, 0.05) is 43.6 Å². The molecule has 0 aliphatic carbocycles. The highest BCUT2D eigenvalue weighted by atomic mass is 15.3. The van der Waals surface area contributed by atoms with E-state index in [0.717, 1.165) is 19.0 Å². The molecule has 0 bridgehead atoms. The fraction of sp³-hybridized carbons (Fsp3) is 0.706. The molecule has 21 heavy (non-hydrogen) atoms. The van der Waals surface area contributed by atoms with Crippen molar-refractivity contribution in [1.29, 1.82) is 0 Å². The summed E-state index contributed by atoms with van der Waals surface area (Å²) in [5.74, 6) is 0. The predicted molar refractivity (Wildman–Crippen MR) is 86.0 cm³/mol. The van der Waals surface area contributed by atoms with Crippen LogP contribution >= 0.6 is 0 Å². The Balaban J connectivity index is 1.85. The third kappa shape index (κ3) is 2.98. The summed E-state index contributed by atoms with van der Waals surface area (Å²) in [7, 11) is 0. The van der Waals surface area contributed by atoms with Crippen LogP contribution in [0.15, 0.2) is 24.5 Å². The molecule has 116 valence electrons. The average molecular weight is 288 g/mol. The van der Waals surface area contributed by atoms with E-state index in [1.54, 1.807) is 0 Å². The fourth-order valence-electron chi connectivity index (χ4n) is 4.07. The Kier molecular flexibility index (Phi) is 4.57. The van der Waals surface area contributed by atoms with Gasteiger partial charge in [-0.15, -0.1) is 0 Å². The lowest BCUT2D eigenvalue weighted by molar-refractivity contribution is 0.0183. The van der Waals surface area contributed by atoms with E-state index in [1.807, 2.05) is 12.4 Å². The molecule has 4 atom stereocenters.